The molecular formula is C24H27NO5. The zero-order valence-electron chi connectivity index (χ0n) is 17.6. The van der Waals surface area contributed by atoms with E-state index < -0.39 is 18.5 Å². The minimum Gasteiger partial charge on any atom is -0.450 e. The number of para-hydroxylation sites is 2. The molecule has 0 aliphatic rings. The third kappa shape index (κ3) is 4.89. The van der Waals surface area contributed by atoms with Crippen molar-refractivity contribution in [1.82, 2.24) is 0 Å². The monoisotopic (exact) mass is 409 g/mol. The van der Waals surface area contributed by atoms with Crippen LogP contribution in [0, 0.1) is 0 Å². The molecule has 1 amide bonds. The van der Waals surface area contributed by atoms with E-state index in [-0.39, 0.29) is 12.4 Å². The number of carbonyl (C=O) groups is 2. The second kappa shape index (κ2) is 10.1. The van der Waals surface area contributed by atoms with E-state index in [0.717, 1.165) is 23.1 Å². The van der Waals surface area contributed by atoms with Crippen molar-refractivity contribution < 1.29 is 23.5 Å². The molecule has 6 nitrogen and oxygen atoms in total. The third-order valence-electron chi connectivity index (χ3n) is 5.05. The molecule has 0 bridgehead atoms. The summed E-state index contributed by atoms with van der Waals surface area (Å²) in [7, 11) is 0. The number of fused-ring (bicyclic) bond motifs is 1. The van der Waals surface area contributed by atoms with E-state index in [4.69, 9.17) is 13.9 Å². The molecule has 30 heavy (non-hydrogen) atoms. The summed E-state index contributed by atoms with van der Waals surface area (Å²) in [5.74, 6) is -0.717. The van der Waals surface area contributed by atoms with E-state index in [1.807, 2.05) is 49.4 Å². The summed E-state index contributed by atoms with van der Waals surface area (Å²) in [5.41, 5.74) is 2.98. The van der Waals surface area contributed by atoms with Gasteiger partial charge in [0.05, 0.1) is 6.61 Å². The van der Waals surface area contributed by atoms with Crippen LogP contribution in [-0.2, 0) is 20.9 Å². The van der Waals surface area contributed by atoms with Crippen molar-refractivity contribution in [3.8, 4) is 0 Å². The number of rotatable bonds is 9. The minimum absolute atomic E-state index is 0.0671. The van der Waals surface area contributed by atoms with E-state index in [0.29, 0.717) is 23.7 Å². The van der Waals surface area contributed by atoms with Gasteiger partial charge in [0.25, 0.3) is 5.91 Å². The van der Waals surface area contributed by atoms with Gasteiger partial charge in [0.2, 0.25) is 5.76 Å². The Morgan fingerprint density at radius 2 is 1.80 bits per heavy atom. The number of esters is 1. The highest BCUT2D eigenvalue weighted by atomic mass is 16.5. The van der Waals surface area contributed by atoms with Crippen LogP contribution in [0.15, 0.2) is 52.9 Å². The van der Waals surface area contributed by atoms with Gasteiger partial charge in [-0.3, -0.25) is 4.79 Å². The normalized spacial score (nSPS) is 12.0. The second-order valence-electron chi connectivity index (χ2n) is 7.06. The van der Waals surface area contributed by atoms with E-state index >= 15 is 0 Å². The Morgan fingerprint density at radius 3 is 2.57 bits per heavy atom. The van der Waals surface area contributed by atoms with Crippen molar-refractivity contribution in [2.24, 2.45) is 0 Å². The topological polar surface area (TPSA) is 77.8 Å². The minimum atomic E-state index is -0.689. The number of anilines is 1. The molecule has 1 atom stereocenters. The lowest BCUT2D eigenvalue weighted by atomic mass is 9.97. The van der Waals surface area contributed by atoms with Crippen LogP contribution in [0.3, 0.4) is 0 Å². The zero-order chi connectivity index (χ0) is 21.5. The number of amides is 1. The maximum Gasteiger partial charge on any atom is 0.375 e. The standard InChI is InChI=1S/C24H27NO5/c1-4-16(3)17-10-6-8-12-20(17)25-22(26)15-29-24(27)23-19(14-28-5-2)18-11-7-9-13-21(18)30-23/h6-13,16H,4-5,14-15H2,1-3H3,(H,25,26)/t16-/m1/s1. The van der Waals surface area contributed by atoms with E-state index in [1.54, 1.807) is 6.07 Å². The Morgan fingerprint density at radius 1 is 1.07 bits per heavy atom. The van der Waals surface area contributed by atoms with Crippen molar-refractivity contribution in [2.45, 2.75) is 39.7 Å². The van der Waals surface area contributed by atoms with Crippen LogP contribution in [0.2, 0.25) is 0 Å². The lowest BCUT2D eigenvalue weighted by molar-refractivity contribution is -0.119. The number of furan rings is 1. The summed E-state index contributed by atoms with van der Waals surface area (Å²) in [6.45, 7) is 6.41. The van der Waals surface area contributed by atoms with Gasteiger partial charge in [0.1, 0.15) is 5.58 Å². The molecule has 0 aliphatic carbocycles. The quantitative estimate of drug-likeness (QED) is 0.487. The molecule has 0 fully saturated rings. The Kier molecular flexibility index (Phi) is 7.25. The molecule has 0 aliphatic heterocycles. The van der Waals surface area contributed by atoms with Gasteiger partial charge in [-0.25, -0.2) is 4.79 Å². The summed E-state index contributed by atoms with van der Waals surface area (Å²) >= 11 is 0. The van der Waals surface area contributed by atoms with Gasteiger partial charge in [-0.15, -0.1) is 0 Å². The lowest BCUT2D eigenvalue weighted by Crippen LogP contribution is -2.22. The van der Waals surface area contributed by atoms with Gasteiger partial charge < -0.3 is 19.2 Å². The van der Waals surface area contributed by atoms with Gasteiger partial charge in [-0.05, 0) is 37.0 Å². The number of carbonyl (C=O) groups excluding carboxylic acids is 2. The summed E-state index contributed by atoms with van der Waals surface area (Å²) in [6.07, 6.45) is 0.955. The summed E-state index contributed by atoms with van der Waals surface area (Å²) < 4.78 is 16.4. The maximum absolute atomic E-state index is 12.6. The van der Waals surface area contributed by atoms with Crippen molar-refractivity contribution >= 4 is 28.5 Å². The molecule has 0 saturated heterocycles. The highest BCUT2D eigenvalue weighted by Crippen LogP contribution is 2.28. The van der Waals surface area contributed by atoms with Gasteiger partial charge in [-0.1, -0.05) is 50.2 Å². The van der Waals surface area contributed by atoms with Crippen molar-refractivity contribution in [2.75, 3.05) is 18.5 Å². The highest BCUT2D eigenvalue weighted by molar-refractivity contribution is 5.98. The predicted octanol–water partition coefficient (Wildman–Crippen LogP) is 5.28. The summed E-state index contributed by atoms with van der Waals surface area (Å²) in [6, 6.07) is 15.0. The lowest BCUT2D eigenvalue weighted by Gasteiger charge is -2.15. The van der Waals surface area contributed by atoms with E-state index in [1.165, 1.54) is 0 Å². The average molecular weight is 409 g/mol. The number of ether oxygens (including phenoxy) is 2. The Hall–Kier alpha value is -3.12. The maximum atomic E-state index is 12.6. The van der Waals surface area contributed by atoms with E-state index in [2.05, 4.69) is 19.2 Å². The van der Waals surface area contributed by atoms with Crippen LogP contribution < -0.4 is 5.32 Å². The summed E-state index contributed by atoms with van der Waals surface area (Å²) in [4.78, 5) is 25.0. The third-order valence-corrected chi connectivity index (χ3v) is 5.05. The largest absolute Gasteiger partial charge is 0.450 e. The summed E-state index contributed by atoms with van der Waals surface area (Å²) in [5, 5.41) is 3.63. The van der Waals surface area contributed by atoms with Crippen molar-refractivity contribution in [3.05, 3.63) is 65.4 Å². The number of nitrogens with one attached hydrogen (secondary N) is 1. The molecule has 3 rings (SSSR count). The molecule has 1 heterocycles. The van der Waals surface area contributed by atoms with Crippen LogP contribution in [0.25, 0.3) is 11.0 Å². The molecule has 2 aromatic carbocycles. The average Bonchev–Trinajstić information content (AvgIpc) is 3.14. The van der Waals surface area contributed by atoms with Crippen LogP contribution in [0.1, 0.15) is 54.8 Å². The van der Waals surface area contributed by atoms with Gasteiger partial charge in [0, 0.05) is 23.2 Å². The Balaban J connectivity index is 1.70. The molecule has 6 heteroatoms. The van der Waals surface area contributed by atoms with Crippen LogP contribution >= 0.6 is 0 Å². The second-order valence-corrected chi connectivity index (χ2v) is 7.06. The number of hydrogen-bond acceptors (Lipinski definition) is 5. The molecular weight excluding hydrogens is 382 g/mol. The Labute approximate surface area is 176 Å². The molecule has 0 spiro atoms. The first-order chi connectivity index (χ1) is 14.5. The molecule has 158 valence electrons. The SMILES string of the molecule is CCOCc1c(C(=O)OCC(=O)Nc2ccccc2[C@H](C)CC)oc2ccccc12. The molecule has 3 aromatic rings. The van der Waals surface area contributed by atoms with Crippen LogP contribution in [-0.4, -0.2) is 25.1 Å². The molecule has 0 unspecified atom stereocenters. The zero-order valence-corrected chi connectivity index (χ0v) is 17.6. The fourth-order valence-corrected chi connectivity index (χ4v) is 3.25. The fraction of sp³-hybridized carbons (Fsp3) is 0.333. The first-order valence-electron chi connectivity index (χ1n) is 10.2. The van der Waals surface area contributed by atoms with Gasteiger partial charge >= 0.3 is 5.97 Å². The molecule has 1 N–H and O–H groups in total. The molecule has 1 aromatic heterocycles. The van der Waals surface area contributed by atoms with Crippen LogP contribution in [0.5, 0.6) is 0 Å². The Bertz CT molecular complexity index is 1020. The van der Waals surface area contributed by atoms with E-state index in [9.17, 15) is 9.59 Å². The smallest absolute Gasteiger partial charge is 0.375 e. The molecule has 0 radical (unpaired) electrons. The predicted molar refractivity (Wildman–Crippen MR) is 116 cm³/mol. The fourth-order valence-electron chi connectivity index (χ4n) is 3.25. The highest BCUT2D eigenvalue weighted by Gasteiger charge is 2.23. The first-order valence-corrected chi connectivity index (χ1v) is 10.2. The van der Waals surface area contributed by atoms with Crippen molar-refractivity contribution in [3.63, 3.8) is 0 Å². The van der Waals surface area contributed by atoms with Gasteiger partial charge in [0.15, 0.2) is 6.61 Å². The van der Waals surface area contributed by atoms with Crippen LogP contribution in [0.4, 0.5) is 5.69 Å². The van der Waals surface area contributed by atoms with Gasteiger partial charge in [-0.2, -0.15) is 0 Å². The van der Waals surface area contributed by atoms with Crippen molar-refractivity contribution in [1.29, 1.82) is 0 Å². The first kappa shape index (κ1) is 21.6. The number of benzene rings is 2. The molecule has 0 saturated carbocycles. The number of hydrogen-bond donors (Lipinski definition) is 1.